The van der Waals surface area contributed by atoms with E-state index in [0.717, 1.165) is 5.39 Å². The maximum Gasteiger partial charge on any atom is 0.328 e. The Labute approximate surface area is 329 Å². The van der Waals surface area contributed by atoms with Crippen molar-refractivity contribution in [1.82, 2.24) is 40.5 Å². The van der Waals surface area contributed by atoms with Crippen LogP contribution in [-0.4, -0.2) is 114 Å². The minimum absolute atomic E-state index is 0.0274. The predicted octanol–water partition coefficient (Wildman–Crippen LogP) is 1.48. The zero-order valence-electron chi connectivity index (χ0n) is 32.4. The smallest absolute Gasteiger partial charge is 0.328 e. The third-order valence-corrected chi connectivity index (χ3v) is 12.3. The lowest BCUT2D eigenvalue weighted by Gasteiger charge is -2.35. The molecule has 0 spiro atoms. The molecule has 1 saturated heterocycles. The molecule has 1 unspecified atom stereocenters. The summed E-state index contributed by atoms with van der Waals surface area (Å²) in [5.41, 5.74) is -1.99. The highest BCUT2D eigenvalue weighted by molar-refractivity contribution is 7.91. The monoisotopic (exact) mass is 808 g/mol. The third-order valence-electron chi connectivity index (χ3n) is 10.5. The van der Waals surface area contributed by atoms with Crippen LogP contribution in [0.3, 0.4) is 0 Å². The molecule has 0 bridgehead atoms. The first-order valence-corrected chi connectivity index (χ1v) is 20.1. The normalized spacial score (nSPS) is 22.8. The van der Waals surface area contributed by atoms with Crippen LogP contribution < -0.4 is 30.1 Å². The van der Waals surface area contributed by atoms with Gasteiger partial charge in [0.05, 0.1) is 32.3 Å². The molecule has 3 fully saturated rings. The number of nitrogens with zero attached hydrogens (tertiary/aromatic N) is 3. The van der Waals surface area contributed by atoms with E-state index in [1.54, 1.807) is 52.3 Å². The van der Waals surface area contributed by atoms with Gasteiger partial charge in [0.15, 0.2) is 0 Å². The largest absolute Gasteiger partial charge is 0.497 e. The summed E-state index contributed by atoms with van der Waals surface area (Å²) in [6.45, 7) is 8.82. The number of hydrogen-bond acceptors (Lipinski definition) is 12. The highest BCUT2D eigenvalue weighted by Gasteiger charge is 2.62. The summed E-state index contributed by atoms with van der Waals surface area (Å²) in [5.74, 6) is -2.67. The van der Waals surface area contributed by atoms with Crippen LogP contribution in [0.25, 0.3) is 10.8 Å². The van der Waals surface area contributed by atoms with E-state index in [-0.39, 0.29) is 31.7 Å². The third kappa shape index (κ3) is 8.97. The Hall–Kier alpha value is -5.72. The maximum absolute atomic E-state index is 14.7. The molecule has 57 heavy (non-hydrogen) atoms. The number of amides is 5. The lowest BCUT2D eigenvalue weighted by atomic mass is 9.85. The first-order valence-electron chi connectivity index (χ1n) is 18.5. The lowest BCUT2D eigenvalue weighted by Crippen LogP contribution is -2.61. The number of aromatic amines is 1. The van der Waals surface area contributed by atoms with Gasteiger partial charge in [-0.2, -0.15) is 0 Å². The quantitative estimate of drug-likeness (QED) is 0.108. The van der Waals surface area contributed by atoms with E-state index in [4.69, 9.17) is 14.2 Å². The van der Waals surface area contributed by atoms with Crippen molar-refractivity contribution in [2.45, 2.75) is 87.9 Å². The molecule has 5 N–H and O–H groups in total. The van der Waals surface area contributed by atoms with Crippen LogP contribution in [0.2, 0.25) is 0 Å². The van der Waals surface area contributed by atoms with E-state index in [1.807, 2.05) is 6.07 Å². The average Bonchev–Trinajstić information content (AvgIpc) is 4.05. The maximum atomic E-state index is 14.7. The average molecular weight is 809 g/mol. The number of fused-ring (bicyclic) bond motifs is 1. The van der Waals surface area contributed by atoms with E-state index < -0.39 is 86.1 Å². The molecule has 2 aliphatic carbocycles. The van der Waals surface area contributed by atoms with Crippen LogP contribution in [0.1, 0.15) is 52.1 Å². The molecule has 2 aromatic heterocycles. The van der Waals surface area contributed by atoms with Gasteiger partial charge in [0.1, 0.15) is 35.5 Å². The number of esters is 1. The van der Waals surface area contributed by atoms with Crippen molar-refractivity contribution >= 4 is 50.5 Å². The molecule has 3 aliphatic rings. The molecule has 19 heteroatoms. The number of rotatable bonds is 15. The molecule has 5 amide bonds. The molecule has 1 aromatic carbocycles. The fourth-order valence-electron chi connectivity index (χ4n) is 7.00. The predicted molar refractivity (Wildman–Crippen MR) is 205 cm³/mol. The molecular formula is C38H48N8O10S. The molecule has 2 saturated carbocycles. The van der Waals surface area contributed by atoms with Crippen molar-refractivity contribution in [1.29, 1.82) is 0 Å². The van der Waals surface area contributed by atoms with Gasteiger partial charge in [-0.3, -0.25) is 19.1 Å². The number of H-pyrrole nitrogens is 1. The molecule has 6 rings (SSSR count). The van der Waals surface area contributed by atoms with Crippen LogP contribution in [0.15, 0.2) is 55.6 Å². The van der Waals surface area contributed by atoms with Gasteiger partial charge >= 0.3 is 12.0 Å². The van der Waals surface area contributed by atoms with E-state index in [2.05, 4.69) is 42.2 Å². The lowest BCUT2D eigenvalue weighted by molar-refractivity contribution is -0.143. The Morgan fingerprint density at radius 2 is 1.88 bits per heavy atom. The number of methoxy groups -OCH3 is 2. The van der Waals surface area contributed by atoms with Crippen LogP contribution >= 0.6 is 0 Å². The SMILES string of the molecule is C=C[C@@H]1C[C@]1(NC(=O)[C@@H]1C[C@@H](Oc2nccc3cc(OC)ccc23)CN1C(=O)C(NC(=O)N[C@@H](Cc1cnc[nH]1)C(=O)OC)C(C)(C)C)C(=O)NS(=O)(=O)C1CC1. The minimum Gasteiger partial charge on any atom is -0.497 e. The van der Waals surface area contributed by atoms with Gasteiger partial charge < -0.3 is 40.0 Å². The van der Waals surface area contributed by atoms with Crippen LogP contribution in [0.5, 0.6) is 11.6 Å². The molecule has 3 aromatic rings. The summed E-state index contributed by atoms with van der Waals surface area (Å²) in [5, 5.41) is 8.81. The number of sulfonamides is 1. The Morgan fingerprint density at radius 1 is 1.12 bits per heavy atom. The molecule has 6 atom stereocenters. The van der Waals surface area contributed by atoms with Crippen molar-refractivity contribution in [3.8, 4) is 11.6 Å². The second-order valence-electron chi connectivity index (χ2n) is 15.6. The first kappa shape index (κ1) is 40.9. The van der Waals surface area contributed by atoms with Crippen molar-refractivity contribution in [2.24, 2.45) is 11.3 Å². The van der Waals surface area contributed by atoms with Gasteiger partial charge in [0.25, 0.3) is 5.91 Å². The molecule has 1 aliphatic heterocycles. The number of benzene rings is 1. The van der Waals surface area contributed by atoms with Crippen LogP contribution in [0, 0.1) is 11.3 Å². The highest BCUT2D eigenvalue weighted by atomic mass is 32.2. The standard InChI is InChI=1S/C38H48N8O10S/c1-7-22-17-38(22,35(50)45-57(52,53)26-9-10-26)44-31(47)29-16-25(56-32-27-11-8-24(54-5)14-21(27)12-13-40-32)19-46(29)33(48)30(37(2,3)4)43-36(51)42-28(34(49)55-6)15-23-18-39-20-41-23/h7-8,11-14,18,20,22,25-26,28-30H,1,9-10,15-17,19H2,2-6H3,(H,39,41)(H,44,47)(H,45,50)(H2,42,43,51)/t22-,25-,28+,29+,30?,38-/m1/s1. The van der Waals surface area contributed by atoms with E-state index in [9.17, 15) is 32.4 Å². The number of pyridine rings is 1. The van der Waals surface area contributed by atoms with Gasteiger partial charge in [0, 0.05) is 42.2 Å². The van der Waals surface area contributed by atoms with Gasteiger partial charge in [-0.1, -0.05) is 26.8 Å². The second-order valence-corrected chi connectivity index (χ2v) is 17.6. The van der Waals surface area contributed by atoms with E-state index >= 15 is 0 Å². The summed E-state index contributed by atoms with van der Waals surface area (Å²) < 4.78 is 44.2. The zero-order valence-corrected chi connectivity index (χ0v) is 33.2. The Bertz CT molecular complexity index is 2150. The Morgan fingerprint density at radius 3 is 2.49 bits per heavy atom. The second kappa shape index (κ2) is 16.0. The number of hydrogen-bond donors (Lipinski definition) is 5. The molecule has 0 radical (unpaired) electrons. The summed E-state index contributed by atoms with van der Waals surface area (Å²) in [6.07, 6.45) is 6.12. The number of carbonyl (C=O) groups excluding carboxylic acids is 5. The summed E-state index contributed by atoms with van der Waals surface area (Å²) in [4.78, 5) is 81.3. The van der Waals surface area contributed by atoms with Crippen molar-refractivity contribution in [3.05, 3.63) is 61.3 Å². The number of aromatic nitrogens is 3. The van der Waals surface area contributed by atoms with E-state index in [1.165, 1.54) is 30.6 Å². The van der Waals surface area contributed by atoms with Crippen molar-refractivity contribution in [2.75, 3.05) is 20.8 Å². The van der Waals surface area contributed by atoms with E-state index in [0.29, 0.717) is 29.7 Å². The zero-order chi connectivity index (χ0) is 41.3. The number of nitrogens with one attached hydrogen (secondary N) is 5. The van der Waals surface area contributed by atoms with Gasteiger partial charge in [0.2, 0.25) is 27.7 Å². The summed E-state index contributed by atoms with van der Waals surface area (Å²) in [6, 6.07) is 2.68. The first-order chi connectivity index (χ1) is 27.0. The molecular weight excluding hydrogens is 761 g/mol. The fourth-order valence-corrected chi connectivity index (χ4v) is 8.36. The number of carbonyl (C=O) groups is 5. The molecule has 18 nitrogen and oxygen atoms in total. The summed E-state index contributed by atoms with van der Waals surface area (Å²) >= 11 is 0. The topological polar surface area (TPSA) is 240 Å². The Balaban J connectivity index is 1.27. The van der Waals surface area contributed by atoms with Crippen molar-refractivity contribution < 1.29 is 46.6 Å². The molecule has 3 heterocycles. The summed E-state index contributed by atoms with van der Waals surface area (Å²) in [7, 11) is -1.20. The van der Waals surface area contributed by atoms with Crippen LogP contribution in [0.4, 0.5) is 4.79 Å². The number of likely N-dealkylation sites (tertiary alicyclic amines) is 1. The number of imidazole rings is 1. The van der Waals surface area contributed by atoms with Gasteiger partial charge in [-0.25, -0.2) is 28.0 Å². The molecule has 306 valence electrons. The Kier molecular flexibility index (Phi) is 11.5. The minimum atomic E-state index is -3.94. The van der Waals surface area contributed by atoms with Crippen LogP contribution in [-0.2, 0) is 40.4 Å². The van der Waals surface area contributed by atoms with Gasteiger partial charge in [-0.15, -0.1) is 6.58 Å². The number of ether oxygens (including phenoxy) is 3. The highest BCUT2D eigenvalue weighted by Crippen LogP contribution is 2.45. The van der Waals surface area contributed by atoms with Gasteiger partial charge in [-0.05, 0) is 54.3 Å². The van der Waals surface area contributed by atoms with Crippen molar-refractivity contribution in [3.63, 3.8) is 0 Å². The fraction of sp³-hybridized carbons (Fsp3) is 0.500. The number of urea groups is 1.